The Morgan fingerprint density at radius 2 is 2.27 bits per heavy atom. The van der Waals surface area contributed by atoms with Gasteiger partial charge in [-0.15, -0.1) is 0 Å². The minimum atomic E-state index is -0.205. The van der Waals surface area contributed by atoms with Crippen molar-refractivity contribution in [3.63, 3.8) is 0 Å². The summed E-state index contributed by atoms with van der Waals surface area (Å²) < 4.78 is 0. The van der Waals surface area contributed by atoms with E-state index in [1.807, 2.05) is 0 Å². The number of carbonyl (C=O) groups excluding carboxylic acids is 1. The van der Waals surface area contributed by atoms with E-state index < -0.39 is 0 Å². The molecular weight excluding hydrogens is 190 g/mol. The van der Waals surface area contributed by atoms with E-state index in [9.17, 15) is 4.79 Å². The van der Waals surface area contributed by atoms with Gasteiger partial charge in [0.15, 0.2) is 0 Å². The summed E-state index contributed by atoms with van der Waals surface area (Å²) in [6.07, 6.45) is 4.51. The van der Waals surface area contributed by atoms with Crippen LogP contribution in [0, 0.1) is 17.2 Å². The van der Waals surface area contributed by atoms with Crippen LogP contribution in [0.5, 0.6) is 0 Å². The standard InChI is InChI=1S/C11H17N3O/c12-7-9-2-1-5-14(9)11(15)6-10(13)8-3-4-8/h8-10H,1-6,13H2. The second-order valence-corrected chi connectivity index (χ2v) is 4.58. The molecule has 2 fully saturated rings. The molecule has 1 amide bonds. The minimum absolute atomic E-state index is 0.0115. The van der Waals surface area contributed by atoms with Gasteiger partial charge in [-0.25, -0.2) is 0 Å². The molecule has 2 rings (SSSR count). The van der Waals surface area contributed by atoms with E-state index in [0.29, 0.717) is 12.3 Å². The molecule has 4 heteroatoms. The van der Waals surface area contributed by atoms with E-state index in [-0.39, 0.29) is 18.0 Å². The molecular formula is C11H17N3O. The molecule has 0 aromatic rings. The highest BCUT2D eigenvalue weighted by Gasteiger charge is 2.34. The third-order valence-electron chi connectivity index (χ3n) is 3.36. The summed E-state index contributed by atoms with van der Waals surface area (Å²) in [4.78, 5) is 13.5. The van der Waals surface area contributed by atoms with E-state index in [4.69, 9.17) is 11.0 Å². The van der Waals surface area contributed by atoms with Crippen LogP contribution in [0.2, 0.25) is 0 Å². The number of nitriles is 1. The van der Waals surface area contributed by atoms with E-state index in [1.54, 1.807) is 4.90 Å². The van der Waals surface area contributed by atoms with Crippen molar-refractivity contribution in [2.75, 3.05) is 6.54 Å². The average Bonchev–Trinajstić information content (AvgIpc) is 2.96. The molecule has 4 nitrogen and oxygen atoms in total. The lowest BCUT2D eigenvalue weighted by molar-refractivity contribution is -0.131. The molecule has 2 unspecified atom stereocenters. The Hall–Kier alpha value is -1.08. The largest absolute Gasteiger partial charge is 0.327 e. The van der Waals surface area contributed by atoms with Crippen molar-refractivity contribution in [1.29, 1.82) is 5.26 Å². The third-order valence-corrected chi connectivity index (χ3v) is 3.36. The summed E-state index contributed by atoms with van der Waals surface area (Å²) in [7, 11) is 0. The minimum Gasteiger partial charge on any atom is -0.327 e. The van der Waals surface area contributed by atoms with E-state index >= 15 is 0 Å². The van der Waals surface area contributed by atoms with Crippen molar-refractivity contribution in [3.05, 3.63) is 0 Å². The summed E-state index contributed by atoms with van der Waals surface area (Å²) in [5, 5.41) is 8.87. The van der Waals surface area contributed by atoms with Crippen LogP contribution >= 0.6 is 0 Å². The van der Waals surface area contributed by atoms with Gasteiger partial charge in [-0.3, -0.25) is 4.79 Å². The number of carbonyl (C=O) groups is 1. The Morgan fingerprint density at radius 3 is 2.87 bits per heavy atom. The van der Waals surface area contributed by atoms with Crippen molar-refractivity contribution in [3.8, 4) is 6.07 Å². The van der Waals surface area contributed by atoms with Crippen LogP contribution in [0.25, 0.3) is 0 Å². The number of rotatable bonds is 3. The molecule has 1 saturated heterocycles. The lowest BCUT2D eigenvalue weighted by Crippen LogP contribution is -2.39. The molecule has 2 aliphatic rings. The maximum atomic E-state index is 11.9. The quantitative estimate of drug-likeness (QED) is 0.737. The van der Waals surface area contributed by atoms with Gasteiger partial charge in [0.05, 0.1) is 6.07 Å². The molecule has 1 heterocycles. The Bertz CT molecular complexity index is 293. The molecule has 0 aromatic carbocycles. The number of hydrogen-bond acceptors (Lipinski definition) is 3. The zero-order chi connectivity index (χ0) is 10.8. The van der Waals surface area contributed by atoms with Crippen LogP contribution in [0.3, 0.4) is 0 Å². The van der Waals surface area contributed by atoms with Crippen LogP contribution < -0.4 is 5.73 Å². The Kier molecular flexibility index (Phi) is 2.92. The van der Waals surface area contributed by atoms with Gasteiger partial charge in [-0.1, -0.05) is 0 Å². The summed E-state index contributed by atoms with van der Waals surface area (Å²) in [5.74, 6) is 0.621. The van der Waals surface area contributed by atoms with Gasteiger partial charge in [-0.2, -0.15) is 5.26 Å². The van der Waals surface area contributed by atoms with Crippen LogP contribution in [-0.4, -0.2) is 29.4 Å². The molecule has 2 atom stereocenters. The van der Waals surface area contributed by atoms with Gasteiger partial charge < -0.3 is 10.6 Å². The number of hydrogen-bond donors (Lipinski definition) is 1. The highest BCUT2D eigenvalue weighted by Crippen LogP contribution is 2.33. The molecule has 1 saturated carbocycles. The predicted molar refractivity (Wildman–Crippen MR) is 55.7 cm³/mol. The number of likely N-dealkylation sites (tertiary alicyclic amines) is 1. The first-order valence-electron chi connectivity index (χ1n) is 5.67. The predicted octanol–water partition coefficient (Wildman–Crippen LogP) is 0.628. The summed E-state index contributed by atoms with van der Waals surface area (Å²) in [5.41, 5.74) is 5.90. The molecule has 0 bridgehead atoms. The fourth-order valence-electron chi connectivity index (χ4n) is 2.21. The fraction of sp³-hybridized carbons (Fsp3) is 0.818. The van der Waals surface area contributed by atoms with Gasteiger partial charge in [0.1, 0.15) is 6.04 Å². The first kappa shape index (κ1) is 10.4. The van der Waals surface area contributed by atoms with Crippen LogP contribution in [0.4, 0.5) is 0 Å². The second-order valence-electron chi connectivity index (χ2n) is 4.58. The van der Waals surface area contributed by atoms with Crippen molar-refractivity contribution < 1.29 is 4.79 Å². The molecule has 0 radical (unpaired) electrons. The Balaban J connectivity index is 1.86. The smallest absolute Gasteiger partial charge is 0.225 e. The van der Waals surface area contributed by atoms with Crippen LogP contribution in [0.15, 0.2) is 0 Å². The summed E-state index contributed by atoms with van der Waals surface area (Å²) in [6.45, 7) is 0.731. The summed E-state index contributed by atoms with van der Waals surface area (Å²) in [6, 6.07) is 1.98. The van der Waals surface area contributed by atoms with Crippen molar-refractivity contribution >= 4 is 5.91 Å². The highest BCUT2D eigenvalue weighted by molar-refractivity contribution is 5.78. The molecule has 15 heavy (non-hydrogen) atoms. The van der Waals surface area contributed by atoms with Crippen molar-refractivity contribution in [1.82, 2.24) is 4.90 Å². The highest BCUT2D eigenvalue weighted by atomic mass is 16.2. The first-order valence-corrected chi connectivity index (χ1v) is 5.67. The average molecular weight is 207 g/mol. The lowest BCUT2D eigenvalue weighted by atomic mass is 10.1. The molecule has 0 spiro atoms. The number of nitrogens with two attached hydrogens (primary N) is 1. The molecule has 1 aliphatic carbocycles. The normalized spacial score (nSPS) is 27.5. The Labute approximate surface area is 90.0 Å². The number of nitrogens with zero attached hydrogens (tertiary/aromatic N) is 2. The Morgan fingerprint density at radius 1 is 1.53 bits per heavy atom. The first-order chi connectivity index (χ1) is 7.22. The maximum absolute atomic E-state index is 11.9. The monoisotopic (exact) mass is 207 g/mol. The SMILES string of the molecule is N#CC1CCCN1C(=O)CC(N)C1CC1. The summed E-state index contributed by atoms with van der Waals surface area (Å²) >= 11 is 0. The van der Waals surface area contributed by atoms with Crippen molar-refractivity contribution in [2.24, 2.45) is 11.7 Å². The zero-order valence-corrected chi connectivity index (χ0v) is 8.85. The zero-order valence-electron chi connectivity index (χ0n) is 8.85. The lowest BCUT2D eigenvalue weighted by Gasteiger charge is -2.21. The van der Waals surface area contributed by atoms with E-state index in [1.165, 1.54) is 0 Å². The second kappa shape index (κ2) is 4.19. The number of amides is 1. The third kappa shape index (κ3) is 2.29. The molecule has 2 N–H and O–H groups in total. The van der Waals surface area contributed by atoms with Gasteiger partial charge in [0, 0.05) is 19.0 Å². The van der Waals surface area contributed by atoms with E-state index in [0.717, 1.165) is 32.2 Å². The topological polar surface area (TPSA) is 70.1 Å². The van der Waals surface area contributed by atoms with Gasteiger partial charge in [-0.05, 0) is 31.6 Å². The van der Waals surface area contributed by atoms with Crippen LogP contribution in [-0.2, 0) is 4.79 Å². The van der Waals surface area contributed by atoms with E-state index in [2.05, 4.69) is 6.07 Å². The van der Waals surface area contributed by atoms with Gasteiger partial charge in [0.25, 0.3) is 0 Å². The van der Waals surface area contributed by atoms with Crippen LogP contribution in [0.1, 0.15) is 32.1 Å². The fourth-order valence-corrected chi connectivity index (χ4v) is 2.21. The molecule has 82 valence electrons. The van der Waals surface area contributed by atoms with Gasteiger partial charge >= 0.3 is 0 Å². The molecule has 0 aromatic heterocycles. The molecule has 1 aliphatic heterocycles. The van der Waals surface area contributed by atoms with Gasteiger partial charge in [0.2, 0.25) is 5.91 Å². The van der Waals surface area contributed by atoms with Crippen molar-refractivity contribution in [2.45, 2.75) is 44.2 Å². The maximum Gasteiger partial charge on any atom is 0.225 e.